The summed E-state index contributed by atoms with van der Waals surface area (Å²) in [4.78, 5) is 37.9. The van der Waals surface area contributed by atoms with E-state index in [1.807, 2.05) is 0 Å². The van der Waals surface area contributed by atoms with Crippen molar-refractivity contribution in [3.8, 4) is 0 Å². The molecule has 0 aliphatic heterocycles. The molecule has 0 saturated heterocycles. The Hall–Kier alpha value is -2.48. The number of hydrogen-bond acceptors (Lipinski definition) is 11. The van der Waals surface area contributed by atoms with Crippen LogP contribution in [0.3, 0.4) is 0 Å². The maximum atomic E-state index is 12.3. The third kappa shape index (κ3) is 12.1. The van der Waals surface area contributed by atoms with Gasteiger partial charge in [-0.15, -0.1) is 0 Å². The maximum absolute atomic E-state index is 12.3. The van der Waals surface area contributed by atoms with Crippen LogP contribution in [0.15, 0.2) is 5.11 Å². The fraction of sp³-hybridized carbons (Fsp3) is 0.850. The van der Waals surface area contributed by atoms with Gasteiger partial charge in [-0.25, -0.2) is 4.79 Å². The quantitative estimate of drug-likeness (QED) is 0.0418. The number of hydrogen-bond donors (Lipinski definition) is 5. The van der Waals surface area contributed by atoms with E-state index >= 15 is 0 Å². The Morgan fingerprint density at radius 2 is 1.85 bits per heavy atom. The fourth-order valence-corrected chi connectivity index (χ4v) is 3.11. The Labute approximate surface area is 197 Å². The molecule has 1 amide bonds. The number of nitrogens with zero attached hydrogens (tertiary/aromatic N) is 3. The number of unbranched alkanes of at least 4 members (excludes halogenated alkanes) is 2. The first-order chi connectivity index (χ1) is 16.0. The minimum absolute atomic E-state index is 0.103. The van der Waals surface area contributed by atoms with Crippen LogP contribution in [0.5, 0.6) is 0 Å². The van der Waals surface area contributed by atoms with Crippen molar-refractivity contribution in [1.82, 2.24) is 5.32 Å². The standard InChI is InChI=1S/C20H36N4O10/c1-4-33-18(29)8-6-5-7-9-34-20(31,19(30)32-3)11-15(23-24-21)14(22-13(2)26)10-16(27)17(28)12-25/h14-17,25,27-28,31H,4-12H2,1-3H3,(H,22,26)/t14-,15+,16-,17+,20-/m0/s1. The van der Waals surface area contributed by atoms with E-state index in [1.165, 1.54) is 0 Å². The van der Waals surface area contributed by atoms with E-state index in [9.17, 15) is 29.7 Å². The minimum atomic E-state index is -2.55. The predicted molar refractivity (Wildman–Crippen MR) is 117 cm³/mol. The molecule has 14 heteroatoms. The van der Waals surface area contributed by atoms with Crippen molar-refractivity contribution in [1.29, 1.82) is 0 Å². The number of esters is 2. The smallest absolute Gasteiger partial charge is 0.366 e. The van der Waals surface area contributed by atoms with Gasteiger partial charge in [-0.1, -0.05) is 11.5 Å². The van der Waals surface area contributed by atoms with Gasteiger partial charge in [-0.2, -0.15) is 0 Å². The van der Waals surface area contributed by atoms with Crippen LogP contribution >= 0.6 is 0 Å². The van der Waals surface area contributed by atoms with Crippen LogP contribution in [0, 0.1) is 0 Å². The van der Waals surface area contributed by atoms with Gasteiger partial charge in [-0.05, 0) is 31.7 Å². The zero-order valence-electron chi connectivity index (χ0n) is 19.8. The second kappa shape index (κ2) is 17.0. The average molecular weight is 493 g/mol. The molecule has 0 aliphatic rings. The van der Waals surface area contributed by atoms with Gasteiger partial charge in [-0.3, -0.25) is 9.59 Å². The van der Waals surface area contributed by atoms with Crippen LogP contribution in [0.4, 0.5) is 0 Å². The van der Waals surface area contributed by atoms with Crippen molar-refractivity contribution in [3.63, 3.8) is 0 Å². The van der Waals surface area contributed by atoms with Gasteiger partial charge in [0.15, 0.2) is 0 Å². The van der Waals surface area contributed by atoms with Gasteiger partial charge in [0, 0.05) is 30.7 Å². The molecule has 0 heterocycles. The predicted octanol–water partition coefficient (Wildman–Crippen LogP) is -0.334. The molecular weight excluding hydrogens is 456 g/mol. The number of carbonyl (C=O) groups excluding carboxylic acids is 3. The van der Waals surface area contributed by atoms with E-state index in [0.29, 0.717) is 19.3 Å². The van der Waals surface area contributed by atoms with Crippen molar-refractivity contribution in [3.05, 3.63) is 10.4 Å². The molecule has 0 aliphatic carbocycles. The van der Waals surface area contributed by atoms with Gasteiger partial charge in [0.1, 0.15) is 6.10 Å². The molecule has 0 aromatic rings. The van der Waals surface area contributed by atoms with Crippen molar-refractivity contribution in [2.24, 2.45) is 5.11 Å². The molecule has 0 fully saturated rings. The Morgan fingerprint density at radius 1 is 1.18 bits per heavy atom. The van der Waals surface area contributed by atoms with Crippen molar-refractivity contribution < 1.29 is 49.0 Å². The van der Waals surface area contributed by atoms with E-state index < -0.39 is 55.0 Å². The summed E-state index contributed by atoms with van der Waals surface area (Å²) in [6, 6.07) is -2.43. The maximum Gasteiger partial charge on any atom is 0.366 e. The van der Waals surface area contributed by atoms with E-state index in [-0.39, 0.29) is 32.0 Å². The number of methoxy groups -OCH3 is 1. The van der Waals surface area contributed by atoms with Crippen LogP contribution in [0.2, 0.25) is 0 Å². The summed E-state index contributed by atoms with van der Waals surface area (Å²) in [5.41, 5.74) is 8.98. The number of carbonyl (C=O) groups is 3. The molecule has 0 aromatic carbocycles. The molecule has 0 spiro atoms. The van der Waals surface area contributed by atoms with E-state index in [1.54, 1.807) is 6.92 Å². The Bertz CT molecular complexity index is 688. The second-order valence-electron chi connectivity index (χ2n) is 7.58. The number of azide groups is 1. The highest BCUT2D eigenvalue weighted by atomic mass is 16.7. The molecular formula is C20H36N4O10. The highest BCUT2D eigenvalue weighted by molar-refractivity contribution is 5.77. The van der Waals surface area contributed by atoms with Gasteiger partial charge in [0.25, 0.3) is 5.79 Å². The van der Waals surface area contributed by atoms with Gasteiger partial charge < -0.3 is 40.0 Å². The molecule has 0 aromatic heterocycles. The van der Waals surface area contributed by atoms with Crippen LogP contribution in [0.25, 0.3) is 10.4 Å². The summed E-state index contributed by atoms with van der Waals surface area (Å²) in [7, 11) is 1.02. The molecule has 14 nitrogen and oxygen atoms in total. The molecule has 0 rings (SSSR count). The first-order valence-electron chi connectivity index (χ1n) is 10.9. The van der Waals surface area contributed by atoms with Crippen LogP contribution in [-0.4, -0.2) is 95.3 Å². The molecule has 0 bridgehead atoms. The van der Waals surface area contributed by atoms with E-state index in [2.05, 4.69) is 20.1 Å². The molecule has 0 saturated carbocycles. The summed E-state index contributed by atoms with van der Waals surface area (Å²) in [6.07, 6.45) is -2.41. The molecule has 5 atom stereocenters. The monoisotopic (exact) mass is 492 g/mol. The molecule has 196 valence electrons. The lowest BCUT2D eigenvalue weighted by atomic mass is 9.93. The Balaban J connectivity index is 5.35. The topological polar surface area (TPSA) is 221 Å². The van der Waals surface area contributed by atoms with Crippen molar-refractivity contribution in [2.75, 3.05) is 26.9 Å². The first-order valence-corrected chi connectivity index (χ1v) is 10.9. The summed E-state index contributed by atoms with van der Waals surface area (Å²) in [5.74, 6) is -4.62. The third-order valence-electron chi connectivity index (χ3n) is 4.84. The minimum Gasteiger partial charge on any atom is -0.466 e. The zero-order valence-corrected chi connectivity index (χ0v) is 19.8. The van der Waals surface area contributed by atoms with Gasteiger partial charge >= 0.3 is 11.9 Å². The van der Waals surface area contributed by atoms with Crippen LogP contribution in [-0.2, 0) is 28.6 Å². The fourth-order valence-electron chi connectivity index (χ4n) is 3.11. The lowest BCUT2D eigenvalue weighted by Gasteiger charge is -2.33. The molecule has 0 unspecified atom stereocenters. The highest BCUT2D eigenvalue weighted by Gasteiger charge is 2.43. The molecule has 0 radical (unpaired) electrons. The van der Waals surface area contributed by atoms with E-state index in [4.69, 9.17) is 20.1 Å². The summed E-state index contributed by atoms with van der Waals surface area (Å²) in [5, 5.41) is 45.5. The lowest BCUT2D eigenvalue weighted by molar-refractivity contribution is -0.231. The number of ether oxygens (including phenoxy) is 3. The average Bonchev–Trinajstić information content (AvgIpc) is 2.79. The third-order valence-corrected chi connectivity index (χ3v) is 4.84. The number of rotatable bonds is 18. The number of aliphatic hydroxyl groups excluding tert-OH is 3. The Morgan fingerprint density at radius 3 is 2.38 bits per heavy atom. The second-order valence-corrected chi connectivity index (χ2v) is 7.58. The number of nitrogens with one attached hydrogen (secondary N) is 1. The van der Waals surface area contributed by atoms with E-state index in [0.717, 1.165) is 14.0 Å². The molecule has 34 heavy (non-hydrogen) atoms. The van der Waals surface area contributed by atoms with Crippen molar-refractivity contribution >= 4 is 17.8 Å². The normalized spacial score (nSPS) is 16.2. The lowest BCUT2D eigenvalue weighted by Crippen LogP contribution is -2.52. The van der Waals surface area contributed by atoms with Crippen LogP contribution < -0.4 is 5.32 Å². The summed E-state index contributed by atoms with van der Waals surface area (Å²) in [6.45, 7) is 2.29. The van der Waals surface area contributed by atoms with Crippen molar-refractivity contribution in [2.45, 2.75) is 82.5 Å². The molecule has 5 N–H and O–H groups in total. The van der Waals surface area contributed by atoms with Crippen LogP contribution in [0.1, 0.15) is 52.4 Å². The highest BCUT2D eigenvalue weighted by Crippen LogP contribution is 2.24. The number of amides is 1. The zero-order chi connectivity index (χ0) is 26.1. The van der Waals surface area contributed by atoms with Gasteiger partial charge in [0.05, 0.1) is 39.1 Å². The summed E-state index contributed by atoms with van der Waals surface area (Å²) < 4.78 is 14.8. The largest absolute Gasteiger partial charge is 0.466 e. The number of aliphatic hydroxyl groups is 4. The summed E-state index contributed by atoms with van der Waals surface area (Å²) >= 11 is 0. The first kappa shape index (κ1) is 31.5. The van der Waals surface area contributed by atoms with Gasteiger partial charge in [0.2, 0.25) is 5.91 Å². The Kier molecular flexibility index (Phi) is 15.8. The SMILES string of the molecule is CCOC(=O)CCCCCO[C@@](O)(C[C@@H](N=[N+]=[N-])[C@H](C[C@H](O)[C@H](O)CO)NC(C)=O)C(=O)OC.